The monoisotopic (exact) mass is 481 g/mol. The molecule has 13 nitrogen and oxygen atoms in total. The highest BCUT2D eigenvalue weighted by Crippen LogP contribution is 2.02. The molecule has 0 fully saturated rings. The smallest absolute Gasteiger partial charge is 0.327 e. The lowest BCUT2D eigenvalue weighted by Crippen LogP contribution is -2.58. The molecule has 0 aliphatic rings. The van der Waals surface area contributed by atoms with E-state index in [1.165, 1.54) is 0 Å². The van der Waals surface area contributed by atoms with Gasteiger partial charge in [-0.25, -0.2) is 4.79 Å². The molecule has 176 valence electrons. The molecule has 4 amide bonds. The fraction of sp³-hybridized carbons (Fsp3) is 0.625. The van der Waals surface area contributed by atoms with E-state index in [2.05, 4.69) is 41.2 Å². The minimum atomic E-state index is -1.35. The van der Waals surface area contributed by atoms with Crippen molar-refractivity contribution in [1.29, 1.82) is 0 Å². The van der Waals surface area contributed by atoms with Crippen molar-refractivity contribution in [2.75, 3.05) is 11.5 Å². The van der Waals surface area contributed by atoms with Crippen LogP contribution < -0.4 is 27.4 Å². The number of carbonyl (C=O) groups excluding carboxylic acids is 4. The van der Waals surface area contributed by atoms with Crippen molar-refractivity contribution < 1.29 is 39.0 Å². The van der Waals surface area contributed by atoms with Crippen LogP contribution in [0.4, 0.5) is 0 Å². The van der Waals surface area contributed by atoms with Gasteiger partial charge >= 0.3 is 11.9 Å². The van der Waals surface area contributed by atoms with Crippen molar-refractivity contribution >= 4 is 60.8 Å². The van der Waals surface area contributed by atoms with E-state index in [0.29, 0.717) is 0 Å². The predicted octanol–water partition coefficient (Wildman–Crippen LogP) is -3.16. The molecule has 0 radical (unpaired) electrons. The fourth-order valence-electron chi connectivity index (χ4n) is 2.17. The molecule has 31 heavy (non-hydrogen) atoms. The number of amides is 4. The molecule has 0 heterocycles. The molecule has 0 aromatic carbocycles. The lowest BCUT2D eigenvalue weighted by atomic mass is 10.1. The van der Waals surface area contributed by atoms with Gasteiger partial charge in [-0.3, -0.25) is 24.0 Å². The molecule has 0 aromatic rings. The van der Waals surface area contributed by atoms with Gasteiger partial charge in [-0.15, -0.1) is 0 Å². The Bertz CT molecular complexity index is 693. The van der Waals surface area contributed by atoms with Crippen molar-refractivity contribution in [2.45, 2.75) is 49.9 Å². The van der Waals surface area contributed by atoms with Crippen molar-refractivity contribution in [1.82, 2.24) is 16.0 Å². The van der Waals surface area contributed by atoms with Gasteiger partial charge in [-0.1, -0.05) is 0 Å². The first-order valence-electron chi connectivity index (χ1n) is 9.04. The molecule has 4 unspecified atom stereocenters. The summed E-state index contributed by atoms with van der Waals surface area (Å²) in [7, 11) is 0. The first-order chi connectivity index (χ1) is 14.4. The Morgan fingerprint density at radius 1 is 0.742 bits per heavy atom. The number of aliphatic carboxylic acids is 2. The molecule has 0 aromatic heterocycles. The van der Waals surface area contributed by atoms with Crippen LogP contribution in [0.2, 0.25) is 0 Å². The summed E-state index contributed by atoms with van der Waals surface area (Å²) in [5, 5.41) is 24.4. The number of carboxylic acid groups (broad SMARTS) is 2. The summed E-state index contributed by atoms with van der Waals surface area (Å²) < 4.78 is 0. The van der Waals surface area contributed by atoms with Crippen LogP contribution in [0.15, 0.2) is 0 Å². The van der Waals surface area contributed by atoms with Gasteiger partial charge in [0.2, 0.25) is 23.6 Å². The van der Waals surface area contributed by atoms with Crippen molar-refractivity contribution in [2.24, 2.45) is 11.5 Å². The van der Waals surface area contributed by atoms with Crippen LogP contribution in [-0.4, -0.2) is 81.5 Å². The second-order valence-corrected chi connectivity index (χ2v) is 7.16. The quantitative estimate of drug-likeness (QED) is 0.107. The maximum atomic E-state index is 12.5. The average Bonchev–Trinajstić information content (AvgIpc) is 2.70. The van der Waals surface area contributed by atoms with E-state index in [9.17, 15) is 28.8 Å². The third-order valence-corrected chi connectivity index (χ3v) is 4.66. The van der Waals surface area contributed by atoms with E-state index in [4.69, 9.17) is 21.7 Å². The number of nitrogens with one attached hydrogen (secondary N) is 3. The van der Waals surface area contributed by atoms with E-state index in [1.807, 2.05) is 0 Å². The van der Waals surface area contributed by atoms with Gasteiger partial charge < -0.3 is 37.6 Å². The van der Waals surface area contributed by atoms with Gasteiger partial charge in [-0.2, -0.15) is 25.3 Å². The fourth-order valence-corrected chi connectivity index (χ4v) is 2.67. The standard InChI is InChI=1S/C16H27N5O8S2/c17-7(1-4-12(23)24)13(25)20-9(5-30)15(27)19-8(2-3-11(18)22)14(26)21-10(6-31)16(28)29/h7-10,30-31H,1-6,17H2,(H2,18,22)(H,19,27)(H,20,25)(H,21,26)(H,23,24)(H,28,29). The van der Waals surface area contributed by atoms with E-state index in [1.54, 1.807) is 0 Å². The summed E-state index contributed by atoms with van der Waals surface area (Å²) in [5.41, 5.74) is 10.7. The van der Waals surface area contributed by atoms with Crippen LogP contribution >= 0.6 is 25.3 Å². The molecular weight excluding hydrogens is 454 g/mol. The zero-order valence-corrected chi connectivity index (χ0v) is 18.2. The number of carboxylic acids is 2. The number of primary amides is 1. The zero-order valence-electron chi connectivity index (χ0n) is 16.4. The molecule has 0 saturated carbocycles. The summed E-state index contributed by atoms with van der Waals surface area (Å²) in [6.07, 6.45) is -1.02. The lowest BCUT2D eigenvalue weighted by molar-refractivity contribution is -0.142. The van der Waals surface area contributed by atoms with Crippen molar-refractivity contribution in [3.05, 3.63) is 0 Å². The van der Waals surface area contributed by atoms with Crippen molar-refractivity contribution in [3.63, 3.8) is 0 Å². The molecule has 0 spiro atoms. The summed E-state index contributed by atoms with van der Waals surface area (Å²) in [4.78, 5) is 69.7. The Morgan fingerprint density at radius 2 is 1.23 bits per heavy atom. The summed E-state index contributed by atoms with van der Waals surface area (Å²) in [5.74, 6) is -6.19. The molecule has 0 aliphatic carbocycles. The highest BCUT2D eigenvalue weighted by Gasteiger charge is 2.29. The molecule has 0 saturated heterocycles. The number of hydrogen-bond acceptors (Lipinski definition) is 9. The molecule has 4 atom stereocenters. The Balaban J connectivity index is 5.19. The van der Waals surface area contributed by atoms with Gasteiger partial charge in [0.25, 0.3) is 0 Å². The van der Waals surface area contributed by atoms with Gasteiger partial charge in [0, 0.05) is 24.3 Å². The van der Waals surface area contributed by atoms with Crippen LogP contribution in [0.5, 0.6) is 0 Å². The third kappa shape index (κ3) is 11.4. The second-order valence-electron chi connectivity index (χ2n) is 6.43. The van der Waals surface area contributed by atoms with Gasteiger partial charge in [-0.05, 0) is 12.8 Å². The number of thiol groups is 2. The van der Waals surface area contributed by atoms with Crippen LogP contribution in [0.3, 0.4) is 0 Å². The maximum absolute atomic E-state index is 12.5. The lowest BCUT2D eigenvalue weighted by Gasteiger charge is -2.24. The van der Waals surface area contributed by atoms with Gasteiger partial charge in [0.1, 0.15) is 18.1 Å². The Labute approximate surface area is 188 Å². The van der Waals surface area contributed by atoms with Crippen LogP contribution in [0.1, 0.15) is 25.7 Å². The first kappa shape index (κ1) is 28.5. The Hall–Kier alpha value is -2.52. The number of nitrogens with two attached hydrogens (primary N) is 2. The maximum Gasteiger partial charge on any atom is 0.327 e. The van der Waals surface area contributed by atoms with Crippen LogP contribution in [-0.2, 0) is 28.8 Å². The highest BCUT2D eigenvalue weighted by molar-refractivity contribution is 7.80. The molecule has 0 bridgehead atoms. The molecule has 15 heteroatoms. The highest BCUT2D eigenvalue weighted by atomic mass is 32.1. The Morgan fingerprint density at radius 3 is 1.68 bits per heavy atom. The normalized spacial score (nSPS) is 14.4. The second kappa shape index (κ2) is 14.5. The summed E-state index contributed by atoms with van der Waals surface area (Å²) in [6, 6.07) is -5.10. The molecule has 0 aliphatic heterocycles. The first-order valence-corrected chi connectivity index (χ1v) is 10.3. The van der Waals surface area contributed by atoms with Gasteiger partial charge in [0.15, 0.2) is 0 Å². The molecular formula is C16H27N5O8S2. The third-order valence-electron chi connectivity index (χ3n) is 3.93. The molecule has 0 rings (SSSR count). The largest absolute Gasteiger partial charge is 0.481 e. The minimum absolute atomic E-state index is 0.161. The van der Waals surface area contributed by atoms with Crippen LogP contribution in [0, 0.1) is 0 Å². The zero-order chi connectivity index (χ0) is 24.1. The predicted molar refractivity (Wildman–Crippen MR) is 114 cm³/mol. The van der Waals surface area contributed by atoms with E-state index in [-0.39, 0.29) is 37.2 Å². The van der Waals surface area contributed by atoms with E-state index >= 15 is 0 Å². The minimum Gasteiger partial charge on any atom is -0.481 e. The van der Waals surface area contributed by atoms with Crippen molar-refractivity contribution in [3.8, 4) is 0 Å². The average molecular weight is 482 g/mol. The summed E-state index contributed by atoms with van der Waals surface area (Å²) >= 11 is 7.79. The van der Waals surface area contributed by atoms with E-state index in [0.717, 1.165) is 0 Å². The number of rotatable bonds is 15. The Kier molecular flexibility index (Phi) is 13.3. The molecule has 9 N–H and O–H groups in total. The van der Waals surface area contributed by atoms with E-state index < -0.39 is 59.7 Å². The van der Waals surface area contributed by atoms with Crippen LogP contribution in [0.25, 0.3) is 0 Å². The topological polar surface area (TPSA) is 231 Å². The number of hydrogen-bond donors (Lipinski definition) is 9. The van der Waals surface area contributed by atoms with Gasteiger partial charge in [0.05, 0.1) is 6.04 Å². The SMILES string of the molecule is NC(=O)CCC(NC(=O)C(CS)NC(=O)C(N)CCC(=O)O)C(=O)NC(CS)C(=O)O. The number of carbonyl (C=O) groups is 6. The summed E-state index contributed by atoms with van der Waals surface area (Å²) in [6.45, 7) is 0.